The highest BCUT2D eigenvalue weighted by Gasteiger charge is 2.21. The second kappa shape index (κ2) is 9.66. The summed E-state index contributed by atoms with van der Waals surface area (Å²) in [6, 6.07) is 5.44. The molecule has 1 aliphatic rings. The fraction of sp³-hybridized carbons (Fsp3) is 0.579. The quantitative estimate of drug-likeness (QED) is 0.545. The average molecular weight is 368 g/mol. The Kier molecular flexibility index (Phi) is 7.56. The minimum Gasteiger partial charge on any atom is -0.494 e. The zero-order valence-corrected chi connectivity index (χ0v) is 15.7. The van der Waals surface area contributed by atoms with Crippen LogP contribution in [0, 0.1) is 12.8 Å². The fourth-order valence-electron chi connectivity index (χ4n) is 2.84. The third-order valence-corrected chi connectivity index (χ3v) is 4.71. The molecule has 2 rings (SSSR count). The number of halogens is 1. The van der Waals surface area contributed by atoms with Crippen molar-refractivity contribution in [3.8, 4) is 5.75 Å². The summed E-state index contributed by atoms with van der Waals surface area (Å²) in [5.41, 5.74) is 0.948. The largest absolute Gasteiger partial charge is 0.494 e. The van der Waals surface area contributed by atoms with Crippen LogP contribution in [0.2, 0.25) is 5.02 Å². The zero-order chi connectivity index (χ0) is 18.2. The highest BCUT2D eigenvalue weighted by Crippen LogP contribution is 2.21. The van der Waals surface area contributed by atoms with Gasteiger partial charge in [-0.2, -0.15) is 0 Å². The first kappa shape index (κ1) is 19.6. The van der Waals surface area contributed by atoms with Crippen LogP contribution in [0.4, 0.5) is 0 Å². The lowest BCUT2D eigenvalue weighted by Crippen LogP contribution is -2.41. The van der Waals surface area contributed by atoms with Crippen LogP contribution in [0.1, 0.15) is 38.2 Å². The molecule has 1 saturated heterocycles. The van der Waals surface area contributed by atoms with Gasteiger partial charge in [0.05, 0.1) is 6.61 Å². The maximum atomic E-state index is 12.0. The molecular formula is C19H26ClNO4. The first-order chi connectivity index (χ1) is 12.0. The Morgan fingerprint density at radius 2 is 2.16 bits per heavy atom. The van der Waals surface area contributed by atoms with Crippen molar-refractivity contribution in [3.63, 3.8) is 0 Å². The first-order valence-electron chi connectivity index (χ1n) is 8.78. The Hall–Kier alpha value is -1.75. The number of likely N-dealkylation sites (tertiary alicyclic amines) is 1. The third kappa shape index (κ3) is 6.58. The monoisotopic (exact) mass is 367 g/mol. The van der Waals surface area contributed by atoms with Crippen LogP contribution in [0.5, 0.6) is 5.75 Å². The lowest BCUT2D eigenvalue weighted by molar-refractivity contribution is -0.152. The van der Waals surface area contributed by atoms with E-state index in [0.29, 0.717) is 24.0 Å². The molecular weight excluding hydrogens is 342 g/mol. The fourth-order valence-corrected chi connectivity index (χ4v) is 2.95. The molecule has 138 valence electrons. The molecule has 1 fully saturated rings. The van der Waals surface area contributed by atoms with E-state index in [9.17, 15) is 9.59 Å². The molecule has 0 radical (unpaired) electrons. The molecule has 0 aliphatic carbocycles. The number of hydrogen-bond donors (Lipinski definition) is 0. The molecule has 1 aromatic carbocycles. The molecule has 1 atom stereocenters. The number of amides is 1. The van der Waals surface area contributed by atoms with E-state index in [1.54, 1.807) is 17.0 Å². The Morgan fingerprint density at radius 3 is 2.88 bits per heavy atom. The molecule has 1 aliphatic heterocycles. The third-order valence-electron chi connectivity index (χ3n) is 4.29. The number of carbonyl (C=O) groups excluding carboxylic acids is 2. The number of nitrogens with zero attached hydrogens (tertiary/aromatic N) is 1. The van der Waals surface area contributed by atoms with Crippen LogP contribution in [0.3, 0.4) is 0 Å². The van der Waals surface area contributed by atoms with Crippen LogP contribution >= 0.6 is 11.6 Å². The van der Waals surface area contributed by atoms with Gasteiger partial charge in [-0.25, -0.2) is 0 Å². The second-order valence-electron chi connectivity index (χ2n) is 6.61. The van der Waals surface area contributed by atoms with E-state index in [-0.39, 0.29) is 24.9 Å². The van der Waals surface area contributed by atoms with Gasteiger partial charge in [0.1, 0.15) is 5.75 Å². The van der Waals surface area contributed by atoms with Crippen molar-refractivity contribution < 1.29 is 19.1 Å². The molecule has 6 heteroatoms. The summed E-state index contributed by atoms with van der Waals surface area (Å²) in [6.07, 6.45) is 2.94. The molecule has 0 aromatic heterocycles. The van der Waals surface area contributed by atoms with Crippen LogP contribution < -0.4 is 4.74 Å². The molecule has 0 N–H and O–H groups in total. The van der Waals surface area contributed by atoms with Crippen molar-refractivity contribution in [2.24, 2.45) is 5.92 Å². The van der Waals surface area contributed by atoms with Gasteiger partial charge in [0.2, 0.25) is 0 Å². The SMILES string of the molecule is Cc1cc(OCCCC(=O)OCC(=O)N2CCCC(C)C2)ccc1Cl. The van der Waals surface area contributed by atoms with Crippen LogP contribution in [-0.4, -0.2) is 43.1 Å². The number of carbonyl (C=O) groups is 2. The number of piperidine rings is 1. The summed E-state index contributed by atoms with van der Waals surface area (Å²) in [5.74, 6) is 0.772. The Morgan fingerprint density at radius 1 is 1.36 bits per heavy atom. The molecule has 5 nitrogen and oxygen atoms in total. The molecule has 1 heterocycles. The predicted octanol–water partition coefficient (Wildman–Crippen LogP) is 3.61. The first-order valence-corrected chi connectivity index (χ1v) is 9.16. The van der Waals surface area contributed by atoms with Gasteiger partial charge < -0.3 is 14.4 Å². The van der Waals surface area contributed by atoms with Gasteiger partial charge in [0.25, 0.3) is 5.91 Å². The van der Waals surface area contributed by atoms with E-state index in [1.165, 1.54) is 0 Å². The van der Waals surface area contributed by atoms with Crippen molar-refractivity contribution in [2.75, 3.05) is 26.3 Å². The normalized spacial score (nSPS) is 17.2. The molecule has 25 heavy (non-hydrogen) atoms. The van der Waals surface area contributed by atoms with E-state index in [4.69, 9.17) is 21.1 Å². The van der Waals surface area contributed by atoms with Gasteiger partial charge in [-0.1, -0.05) is 18.5 Å². The number of esters is 1. The van der Waals surface area contributed by atoms with Gasteiger partial charge in [0.15, 0.2) is 6.61 Å². The van der Waals surface area contributed by atoms with Gasteiger partial charge in [0, 0.05) is 24.5 Å². The lowest BCUT2D eigenvalue weighted by Gasteiger charge is -2.30. The summed E-state index contributed by atoms with van der Waals surface area (Å²) in [6.45, 7) is 5.80. The number of benzene rings is 1. The molecule has 0 spiro atoms. The average Bonchev–Trinajstić information content (AvgIpc) is 2.59. The van der Waals surface area contributed by atoms with Crippen molar-refractivity contribution in [1.82, 2.24) is 4.90 Å². The van der Waals surface area contributed by atoms with Crippen molar-refractivity contribution >= 4 is 23.5 Å². The summed E-state index contributed by atoms with van der Waals surface area (Å²) >= 11 is 5.96. The predicted molar refractivity (Wildman–Crippen MR) is 96.9 cm³/mol. The summed E-state index contributed by atoms with van der Waals surface area (Å²) < 4.78 is 10.7. The van der Waals surface area contributed by atoms with Crippen LogP contribution in [-0.2, 0) is 14.3 Å². The highest BCUT2D eigenvalue weighted by molar-refractivity contribution is 6.31. The summed E-state index contributed by atoms with van der Waals surface area (Å²) in [4.78, 5) is 25.6. The van der Waals surface area contributed by atoms with Crippen molar-refractivity contribution in [2.45, 2.75) is 39.5 Å². The molecule has 1 unspecified atom stereocenters. The maximum Gasteiger partial charge on any atom is 0.306 e. The summed E-state index contributed by atoms with van der Waals surface area (Å²) in [5, 5.41) is 0.698. The highest BCUT2D eigenvalue weighted by atomic mass is 35.5. The minimum atomic E-state index is -0.366. The smallest absolute Gasteiger partial charge is 0.306 e. The molecule has 0 saturated carbocycles. The van der Waals surface area contributed by atoms with Gasteiger partial charge >= 0.3 is 5.97 Å². The van der Waals surface area contributed by atoms with E-state index in [0.717, 1.165) is 37.2 Å². The molecule has 0 bridgehead atoms. The number of ether oxygens (including phenoxy) is 2. The zero-order valence-electron chi connectivity index (χ0n) is 14.9. The Bertz CT molecular complexity index is 605. The van der Waals surface area contributed by atoms with Crippen molar-refractivity contribution in [1.29, 1.82) is 0 Å². The van der Waals surface area contributed by atoms with Gasteiger partial charge in [-0.15, -0.1) is 0 Å². The van der Waals surface area contributed by atoms with Crippen LogP contribution in [0.15, 0.2) is 18.2 Å². The van der Waals surface area contributed by atoms with E-state index in [1.807, 2.05) is 13.0 Å². The topological polar surface area (TPSA) is 55.8 Å². The van der Waals surface area contributed by atoms with Crippen molar-refractivity contribution in [3.05, 3.63) is 28.8 Å². The number of aryl methyl sites for hydroxylation is 1. The Labute approximate surface area is 154 Å². The van der Waals surface area contributed by atoms with Gasteiger partial charge in [-0.3, -0.25) is 9.59 Å². The van der Waals surface area contributed by atoms with Crippen LogP contribution in [0.25, 0.3) is 0 Å². The van der Waals surface area contributed by atoms with E-state index >= 15 is 0 Å². The van der Waals surface area contributed by atoms with E-state index in [2.05, 4.69) is 6.92 Å². The molecule has 1 amide bonds. The van der Waals surface area contributed by atoms with Gasteiger partial charge in [-0.05, 0) is 55.9 Å². The van der Waals surface area contributed by atoms with E-state index < -0.39 is 0 Å². The second-order valence-corrected chi connectivity index (χ2v) is 7.02. The number of hydrogen-bond acceptors (Lipinski definition) is 4. The lowest BCUT2D eigenvalue weighted by atomic mass is 10.0. The summed E-state index contributed by atoms with van der Waals surface area (Å²) in [7, 11) is 0. The molecule has 1 aromatic rings. The standard InChI is InChI=1S/C19H26ClNO4/c1-14-5-3-9-21(12-14)18(22)13-25-19(23)6-4-10-24-16-7-8-17(20)15(2)11-16/h7-8,11,14H,3-6,9-10,12-13H2,1-2H3. The minimum absolute atomic E-state index is 0.104. The number of rotatable bonds is 7. The maximum absolute atomic E-state index is 12.0. The Balaban J connectivity index is 1.60.